The molecule has 0 radical (unpaired) electrons. The average molecular weight is 425 g/mol. The van der Waals surface area contributed by atoms with Crippen molar-refractivity contribution in [3.8, 4) is 5.69 Å². The fourth-order valence-electron chi connectivity index (χ4n) is 3.26. The Morgan fingerprint density at radius 2 is 1.74 bits per heavy atom. The fourth-order valence-corrected chi connectivity index (χ4v) is 3.26. The molecular weight excluding hydrogens is 402 g/mol. The molecule has 0 spiro atoms. The summed E-state index contributed by atoms with van der Waals surface area (Å²) in [6.45, 7) is 3.47. The largest absolute Gasteiger partial charge is 0.478 e. The molecule has 3 rings (SSSR count). The maximum Gasteiger partial charge on any atom is 0.335 e. The van der Waals surface area contributed by atoms with E-state index in [4.69, 9.17) is 10.5 Å². The lowest BCUT2D eigenvalue weighted by Crippen LogP contribution is -2.38. The van der Waals surface area contributed by atoms with Crippen LogP contribution in [-0.2, 0) is 23.0 Å². The molecule has 0 fully saturated rings. The Kier molecular flexibility index (Phi) is 6.07. The summed E-state index contributed by atoms with van der Waals surface area (Å²) < 4.78 is 7.36. The van der Waals surface area contributed by atoms with Gasteiger partial charge in [0.05, 0.1) is 28.3 Å². The van der Waals surface area contributed by atoms with Crippen LogP contribution in [0.5, 0.6) is 0 Å². The molecule has 2 aromatic carbocycles. The van der Waals surface area contributed by atoms with Crippen molar-refractivity contribution in [1.29, 1.82) is 0 Å². The van der Waals surface area contributed by atoms with Gasteiger partial charge in [-0.25, -0.2) is 14.2 Å². The fraction of sp³-hybridized carbons (Fsp3) is 0.273. The standard InChI is InChI=1S/C22H23N3O6/c1-12(2)31-21(29)17(23)10-13-4-7-15(8-5-13)25-19(26)16-11-14(20(27)28)6-9-18(16)24(3)22(25)30/h4-9,11-12,17H,10,23H2,1-3H3,(H,27,28)/t17-/m0/s1. The molecule has 9 heteroatoms. The molecule has 3 aromatic rings. The number of aryl methyl sites for hydroxylation is 1. The van der Waals surface area contributed by atoms with Crippen molar-refractivity contribution in [2.75, 3.05) is 0 Å². The molecule has 1 aromatic heterocycles. The summed E-state index contributed by atoms with van der Waals surface area (Å²) in [6, 6.07) is 9.69. The third kappa shape index (κ3) is 4.41. The SMILES string of the molecule is CC(C)OC(=O)[C@@H](N)Cc1ccc(-n2c(=O)c3cc(C(=O)O)ccc3n(C)c2=O)cc1. The highest BCUT2D eigenvalue weighted by molar-refractivity contribution is 5.93. The zero-order valence-electron chi connectivity index (χ0n) is 17.4. The molecule has 0 aliphatic rings. The molecule has 1 atom stereocenters. The van der Waals surface area contributed by atoms with Crippen LogP contribution in [0.4, 0.5) is 0 Å². The average Bonchev–Trinajstić information content (AvgIpc) is 2.72. The Morgan fingerprint density at radius 1 is 1.10 bits per heavy atom. The van der Waals surface area contributed by atoms with Gasteiger partial charge in [0.25, 0.3) is 5.56 Å². The minimum Gasteiger partial charge on any atom is -0.478 e. The molecule has 162 valence electrons. The van der Waals surface area contributed by atoms with Gasteiger partial charge in [-0.2, -0.15) is 0 Å². The first-order valence-electron chi connectivity index (χ1n) is 9.64. The third-order valence-corrected chi connectivity index (χ3v) is 4.82. The molecule has 3 N–H and O–H groups in total. The molecule has 9 nitrogen and oxygen atoms in total. The lowest BCUT2D eigenvalue weighted by Gasteiger charge is -2.14. The second kappa shape index (κ2) is 8.57. The third-order valence-electron chi connectivity index (χ3n) is 4.82. The Balaban J connectivity index is 2.00. The van der Waals surface area contributed by atoms with Crippen molar-refractivity contribution in [1.82, 2.24) is 9.13 Å². The maximum atomic E-state index is 13.0. The van der Waals surface area contributed by atoms with E-state index in [0.717, 1.165) is 10.1 Å². The second-order valence-corrected chi connectivity index (χ2v) is 7.48. The van der Waals surface area contributed by atoms with Crippen molar-refractivity contribution >= 4 is 22.8 Å². The number of fused-ring (bicyclic) bond motifs is 1. The number of hydrogen-bond donors (Lipinski definition) is 2. The minimum atomic E-state index is -1.17. The molecule has 0 saturated carbocycles. The van der Waals surface area contributed by atoms with Gasteiger partial charge in [-0.15, -0.1) is 0 Å². The van der Waals surface area contributed by atoms with Crippen LogP contribution in [0.25, 0.3) is 16.6 Å². The summed E-state index contributed by atoms with van der Waals surface area (Å²) in [6.07, 6.45) is -0.0307. The smallest absolute Gasteiger partial charge is 0.335 e. The van der Waals surface area contributed by atoms with Gasteiger partial charge < -0.3 is 15.6 Å². The molecule has 0 saturated heterocycles. The summed E-state index contributed by atoms with van der Waals surface area (Å²) in [7, 11) is 1.51. The highest BCUT2D eigenvalue weighted by atomic mass is 16.5. The first-order valence-corrected chi connectivity index (χ1v) is 9.64. The van der Waals surface area contributed by atoms with Crippen LogP contribution in [0, 0.1) is 0 Å². The van der Waals surface area contributed by atoms with Gasteiger partial charge in [0.15, 0.2) is 0 Å². The van der Waals surface area contributed by atoms with Gasteiger partial charge >= 0.3 is 17.6 Å². The summed E-state index contributed by atoms with van der Waals surface area (Å²) >= 11 is 0. The normalized spacial score (nSPS) is 12.2. The molecule has 0 bridgehead atoms. The van der Waals surface area contributed by atoms with E-state index < -0.39 is 29.2 Å². The molecule has 0 unspecified atom stereocenters. The molecule has 1 heterocycles. The number of hydrogen-bond acceptors (Lipinski definition) is 6. The van der Waals surface area contributed by atoms with E-state index in [1.165, 1.54) is 29.8 Å². The second-order valence-electron chi connectivity index (χ2n) is 7.48. The van der Waals surface area contributed by atoms with Crippen LogP contribution in [-0.4, -0.2) is 38.3 Å². The van der Waals surface area contributed by atoms with Crippen molar-refractivity contribution in [2.45, 2.75) is 32.4 Å². The first-order chi connectivity index (χ1) is 14.6. The zero-order chi connectivity index (χ0) is 22.9. The Hall–Kier alpha value is -3.72. The van der Waals surface area contributed by atoms with E-state index in [1.807, 2.05) is 0 Å². The Labute approximate surface area is 177 Å². The number of aromatic nitrogens is 2. The summed E-state index contributed by atoms with van der Waals surface area (Å²) in [4.78, 5) is 49.0. The monoisotopic (exact) mass is 425 g/mol. The number of aromatic carboxylic acids is 1. The van der Waals surface area contributed by atoms with Gasteiger partial charge in [0.2, 0.25) is 0 Å². The lowest BCUT2D eigenvalue weighted by atomic mass is 10.1. The lowest BCUT2D eigenvalue weighted by molar-refractivity contribution is -0.148. The summed E-state index contributed by atoms with van der Waals surface area (Å²) in [5.74, 6) is -1.67. The van der Waals surface area contributed by atoms with E-state index in [2.05, 4.69) is 0 Å². The maximum absolute atomic E-state index is 13.0. The van der Waals surface area contributed by atoms with Crippen molar-refractivity contribution in [3.05, 3.63) is 74.4 Å². The number of esters is 1. The number of benzene rings is 2. The topological polar surface area (TPSA) is 134 Å². The number of carboxylic acids is 1. The highest BCUT2D eigenvalue weighted by Gasteiger charge is 2.18. The van der Waals surface area contributed by atoms with Crippen molar-refractivity contribution < 1.29 is 19.4 Å². The minimum absolute atomic E-state index is 0.0487. The van der Waals surface area contributed by atoms with E-state index in [9.17, 15) is 24.3 Å². The zero-order valence-corrected chi connectivity index (χ0v) is 17.4. The molecule has 0 aliphatic carbocycles. The van der Waals surface area contributed by atoms with Crippen LogP contribution in [0.15, 0.2) is 52.1 Å². The molecule has 0 amide bonds. The number of nitrogens with zero attached hydrogens (tertiary/aromatic N) is 2. The van der Waals surface area contributed by atoms with Gasteiger partial charge in [-0.3, -0.25) is 14.2 Å². The van der Waals surface area contributed by atoms with Crippen molar-refractivity contribution in [2.24, 2.45) is 12.8 Å². The van der Waals surface area contributed by atoms with E-state index in [0.29, 0.717) is 11.2 Å². The molecule has 0 aliphatic heterocycles. The number of rotatable bonds is 6. The van der Waals surface area contributed by atoms with Gasteiger partial charge in [-0.1, -0.05) is 12.1 Å². The molecular formula is C22H23N3O6. The van der Waals surface area contributed by atoms with E-state index in [-0.39, 0.29) is 23.5 Å². The summed E-state index contributed by atoms with van der Waals surface area (Å²) in [5.41, 5.74) is 6.04. The van der Waals surface area contributed by atoms with Crippen LogP contribution in [0.1, 0.15) is 29.8 Å². The Morgan fingerprint density at radius 3 is 2.32 bits per heavy atom. The number of ether oxygens (including phenoxy) is 1. The van der Waals surface area contributed by atoms with Crippen LogP contribution >= 0.6 is 0 Å². The van der Waals surface area contributed by atoms with E-state index >= 15 is 0 Å². The van der Waals surface area contributed by atoms with Gasteiger partial charge in [-0.05, 0) is 56.2 Å². The van der Waals surface area contributed by atoms with E-state index in [1.54, 1.807) is 38.1 Å². The molecule has 31 heavy (non-hydrogen) atoms. The predicted octanol–water partition coefficient (Wildman–Crippen LogP) is 1.21. The Bertz CT molecular complexity index is 1270. The predicted molar refractivity (Wildman–Crippen MR) is 115 cm³/mol. The number of nitrogens with two attached hydrogens (primary N) is 1. The quantitative estimate of drug-likeness (QED) is 0.567. The summed E-state index contributed by atoms with van der Waals surface area (Å²) in [5, 5.41) is 9.33. The van der Waals surface area contributed by atoms with Crippen molar-refractivity contribution in [3.63, 3.8) is 0 Å². The van der Waals surface area contributed by atoms with Crippen LogP contribution in [0.2, 0.25) is 0 Å². The highest BCUT2D eigenvalue weighted by Crippen LogP contribution is 2.14. The number of carboxylic acid groups (broad SMARTS) is 1. The van der Waals surface area contributed by atoms with Gasteiger partial charge in [0, 0.05) is 7.05 Å². The van der Waals surface area contributed by atoms with Crippen LogP contribution < -0.4 is 17.0 Å². The number of carbonyl (C=O) groups is 2. The van der Waals surface area contributed by atoms with Crippen LogP contribution in [0.3, 0.4) is 0 Å². The first kappa shape index (κ1) is 22.0. The van der Waals surface area contributed by atoms with Gasteiger partial charge in [0.1, 0.15) is 6.04 Å². The number of carbonyl (C=O) groups excluding carboxylic acids is 1.